The van der Waals surface area contributed by atoms with Crippen molar-refractivity contribution in [2.24, 2.45) is 0 Å². The summed E-state index contributed by atoms with van der Waals surface area (Å²) in [7, 11) is 1.96. The fourth-order valence-corrected chi connectivity index (χ4v) is 2.92. The van der Waals surface area contributed by atoms with Gasteiger partial charge in [-0.15, -0.1) is 0 Å². The van der Waals surface area contributed by atoms with Crippen molar-refractivity contribution >= 4 is 39.1 Å². The maximum atomic E-state index is 6.25. The van der Waals surface area contributed by atoms with Crippen molar-refractivity contribution in [1.29, 1.82) is 0 Å². The van der Waals surface area contributed by atoms with Gasteiger partial charge in [0.05, 0.1) is 0 Å². The molecule has 0 radical (unpaired) electrons. The van der Waals surface area contributed by atoms with Crippen molar-refractivity contribution in [2.45, 2.75) is 19.4 Å². The number of likely N-dealkylation sites (N-methyl/N-ethyl adjacent to an activating group) is 1. The van der Waals surface area contributed by atoms with Crippen LogP contribution >= 0.6 is 39.1 Å². The molecule has 0 aliphatic rings. The van der Waals surface area contributed by atoms with Crippen LogP contribution in [-0.2, 0) is 6.42 Å². The topological polar surface area (TPSA) is 12.0 Å². The van der Waals surface area contributed by atoms with Crippen LogP contribution < -0.4 is 5.32 Å². The van der Waals surface area contributed by atoms with E-state index in [4.69, 9.17) is 23.2 Å². The molecular weight excluding hydrogens is 357 g/mol. The molecule has 0 heterocycles. The van der Waals surface area contributed by atoms with Gasteiger partial charge in [0.15, 0.2) is 0 Å². The molecule has 1 atom stereocenters. The average Bonchev–Trinajstić information content (AvgIpc) is 2.43. The Morgan fingerprint density at radius 2 is 1.90 bits per heavy atom. The second kappa shape index (κ2) is 6.95. The van der Waals surface area contributed by atoms with E-state index in [-0.39, 0.29) is 6.04 Å². The first-order chi connectivity index (χ1) is 9.51. The highest BCUT2D eigenvalue weighted by Gasteiger charge is 2.13. The molecule has 0 aliphatic heterocycles. The number of rotatable bonds is 4. The zero-order valence-corrected chi connectivity index (χ0v) is 14.5. The molecule has 4 heteroatoms. The van der Waals surface area contributed by atoms with Gasteiger partial charge < -0.3 is 5.32 Å². The molecule has 0 fully saturated rings. The Hall–Kier alpha value is -0.540. The Kier molecular flexibility index (Phi) is 5.50. The summed E-state index contributed by atoms with van der Waals surface area (Å²) in [6, 6.07) is 12.2. The van der Waals surface area contributed by atoms with Crippen LogP contribution in [0, 0.1) is 6.92 Å². The molecule has 1 N–H and O–H groups in total. The van der Waals surface area contributed by atoms with Gasteiger partial charge in [-0.2, -0.15) is 0 Å². The fourth-order valence-electron chi connectivity index (χ4n) is 2.13. The van der Waals surface area contributed by atoms with Crippen LogP contribution in [0.3, 0.4) is 0 Å². The van der Waals surface area contributed by atoms with Crippen molar-refractivity contribution in [3.8, 4) is 0 Å². The lowest BCUT2D eigenvalue weighted by Gasteiger charge is -2.18. The number of aryl methyl sites for hydroxylation is 1. The summed E-state index contributed by atoms with van der Waals surface area (Å²) in [5.74, 6) is 0. The van der Waals surface area contributed by atoms with Gasteiger partial charge in [-0.3, -0.25) is 0 Å². The minimum atomic E-state index is 0.197. The predicted molar refractivity (Wildman–Crippen MR) is 90.8 cm³/mol. The molecular formula is C16H16BrCl2N. The zero-order valence-electron chi connectivity index (χ0n) is 11.4. The average molecular weight is 373 g/mol. The highest BCUT2D eigenvalue weighted by molar-refractivity contribution is 9.10. The molecule has 1 unspecified atom stereocenters. The van der Waals surface area contributed by atoms with Gasteiger partial charge in [-0.25, -0.2) is 0 Å². The van der Waals surface area contributed by atoms with E-state index in [9.17, 15) is 0 Å². The summed E-state index contributed by atoms with van der Waals surface area (Å²) < 4.78 is 1.12. The van der Waals surface area contributed by atoms with Crippen LogP contribution in [-0.4, -0.2) is 7.05 Å². The maximum absolute atomic E-state index is 6.25. The molecule has 2 aromatic carbocycles. The number of halogens is 3. The van der Waals surface area contributed by atoms with Crippen molar-refractivity contribution < 1.29 is 0 Å². The Labute approximate surface area is 138 Å². The Morgan fingerprint density at radius 1 is 1.15 bits per heavy atom. The summed E-state index contributed by atoms with van der Waals surface area (Å²) in [6.45, 7) is 2.08. The van der Waals surface area contributed by atoms with E-state index in [0.29, 0.717) is 5.02 Å². The van der Waals surface area contributed by atoms with E-state index in [1.165, 1.54) is 11.1 Å². The SMILES string of the molecule is CNC(Cc1cc(Cl)ccc1Cl)c1ccc(C)c(Br)c1. The molecule has 0 amide bonds. The third-order valence-electron chi connectivity index (χ3n) is 3.38. The normalized spacial score (nSPS) is 12.4. The molecule has 20 heavy (non-hydrogen) atoms. The minimum Gasteiger partial charge on any atom is -0.313 e. The smallest absolute Gasteiger partial charge is 0.0439 e. The fraction of sp³-hybridized carbons (Fsp3) is 0.250. The number of hydrogen-bond donors (Lipinski definition) is 1. The van der Waals surface area contributed by atoms with Gasteiger partial charge in [-0.05, 0) is 61.3 Å². The molecule has 0 bridgehead atoms. The number of benzene rings is 2. The van der Waals surface area contributed by atoms with E-state index in [1.54, 1.807) is 0 Å². The summed E-state index contributed by atoms with van der Waals surface area (Å²) in [6.07, 6.45) is 0.797. The molecule has 1 nitrogen and oxygen atoms in total. The molecule has 0 saturated carbocycles. The van der Waals surface area contributed by atoms with Crippen LogP contribution in [0.2, 0.25) is 10.0 Å². The Balaban J connectivity index is 2.28. The number of nitrogens with one attached hydrogen (secondary N) is 1. The Bertz CT molecular complexity index is 613. The van der Waals surface area contributed by atoms with E-state index in [2.05, 4.69) is 46.4 Å². The summed E-state index contributed by atoms with van der Waals surface area (Å²) >= 11 is 15.9. The lowest BCUT2D eigenvalue weighted by molar-refractivity contribution is 0.592. The van der Waals surface area contributed by atoms with Gasteiger partial charge >= 0.3 is 0 Å². The molecule has 106 valence electrons. The standard InChI is InChI=1S/C16H16BrCl2N/c1-10-3-4-11(8-14(10)17)16(20-2)9-12-7-13(18)5-6-15(12)19/h3-8,16,20H,9H2,1-2H3. The lowest BCUT2D eigenvalue weighted by atomic mass is 9.98. The van der Waals surface area contributed by atoms with Gasteiger partial charge in [0.25, 0.3) is 0 Å². The molecule has 0 aliphatic carbocycles. The first-order valence-corrected chi connectivity index (χ1v) is 7.93. The van der Waals surface area contributed by atoms with E-state index in [1.807, 2.05) is 25.2 Å². The molecule has 0 saturated heterocycles. The molecule has 2 rings (SSSR count). The van der Waals surface area contributed by atoms with E-state index in [0.717, 1.165) is 21.5 Å². The molecule has 2 aromatic rings. The summed E-state index contributed by atoms with van der Waals surface area (Å²) in [5, 5.41) is 4.80. The van der Waals surface area contributed by atoms with Gasteiger partial charge in [0.1, 0.15) is 0 Å². The van der Waals surface area contributed by atoms with Crippen LogP contribution in [0.4, 0.5) is 0 Å². The van der Waals surface area contributed by atoms with Crippen LogP contribution in [0.1, 0.15) is 22.7 Å². The minimum absolute atomic E-state index is 0.197. The summed E-state index contributed by atoms with van der Waals surface area (Å²) in [4.78, 5) is 0. The quantitative estimate of drug-likeness (QED) is 0.739. The van der Waals surface area contributed by atoms with Crippen molar-refractivity contribution in [3.05, 3.63) is 67.6 Å². The molecule has 0 aromatic heterocycles. The predicted octanol–water partition coefficient (Wildman–Crippen LogP) is 5.57. The van der Waals surface area contributed by atoms with Gasteiger partial charge in [0, 0.05) is 20.6 Å². The first kappa shape index (κ1) is 15.8. The van der Waals surface area contributed by atoms with Crippen LogP contribution in [0.25, 0.3) is 0 Å². The Morgan fingerprint density at radius 3 is 2.55 bits per heavy atom. The van der Waals surface area contributed by atoms with Crippen LogP contribution in [0.5, 0.6) is 0 Å². The highest BCUT2D eigenvalue weighted by Crippen LogP contribution is 2.28. The number of hydrogen-bond acceptors (Lipinski definition) is 1. The van der Waals surface area contributed by atoms with Crippen molar-refractivity contribution in [3.63, 3.8) is 0 Å². The monoisotopic (exact) mass is 371 g/mol. The third-order valence-corrected chi connectivity index (χ3v) is 4.84. The zero-order chi connectivity index (χ0) is 14.7. The second-order valence-electron chi connectivity index (χ2n) is 4.79. The highest BCUT2D eigenvalue weighted by atomic mass is 79.9. The molecule has 0 spiro atoms. The second-order valence-corrected chi connectivity index (χ2v) is 6.49. The van der Waals surface area contributed by atoms with Crippen LogP contribution in [0.15, 0.2) is 40.9 Å². The van der Waals surface area contributed by atoms with Crippen molar-refractivity contribution in [1.82, 2.24) is 5.32 Å². The van der Waals surface area contributed by atoms with Crippen molar-refractivity contribution in [2.75, 3.05) is 7.05 Å². The van der Waals surface area contributed by atoms with Gasteiger partial charge in [-0.1, -0.05) is 51.3 Å². The third kappa shape index (κ3) is 3.76. The van der Waals surface area contributed by atoms with E-state index < -0.39 is 0 Å². The lowest BCUT2D eigenvalue weighted by Crippen LogP contribution is -2.19. The maximum Gasteiger partial charge on any atom is 0.0439 e. The van der Waals surface area contributed by atoms with Gasteiger partial charge in [0.2, 0.25) is 0 Å². The largest absolute Gasteiger partial charge is 0.313 e. The summed E-state index contributed by atoms with van der Waals surface area (Å²) in [5.41, 5.74) is 3.50. The van der Waals surface area contributed by atoms with E-state index >= 15 is 0 Å². The first-order valence-electron chi connectivity index (χ1n) is 6.38.